The van der Waals surface area contributed by atoms with Crippen LogP contribution in [0.3, 0.4) is 0 Å². The highest BCUT2D eigenvalue weighted by atomic mass is 127. The van der Waals surface area contributed by atoms with Gasteiger partial charge in [-0.3, -0.25) is 9.89 Å². The van der Waals surface area contributed by atoms with E-state index in [1.165, 1.54) is 18.4 Å². The van der Waals surface area contributed by atoms with Gasteiger partial charge in [0.1, 0.15) is 0 Å². The minimum Gasteiger partial charge on any atom is -0.379 e. The number of aliphatic imine (C=N–C) groups is 1. The minimum absolute atomic E-state index is 0. The molecule has 1 aromatic carbocycles. The Hall–Kier alpha value is -0.570. The molecule has 5 nitrogen and oxygen atoms in total. The second kappa shape index (κ2) is 11.4. The Labute approximate surface area is 185 Å². The number of nitrogens with one attached hydrogen (secondary N) is 2. The van der Waals surface area contributed by atoms with Crippen molar-refractivity contribution in [3.63, 3.8) is 0 Å². The quantitative estimate of drug-likeness (QED) is 0.246. The standard InChI is InChI=1S/C20H31ClN4O.HI/c1-2-22-19(23-10-3-11-25-12-14-26-15-13-25)24-16-20(8-9-20)17-4-6-18(21)7-5-17;/h4-7H,2-3,8-16H2,1H3,(H2,22,23,24);1H. The summed E-state index contributed by atoms with van der Waals surface area (Å²) in [5.74, 6) is 0.926. The summed E-state index contributed by atoms with van der Waals surface area (Å²) < 4.78 is 5.40. The van der Waals surface area contributed by atoms with Crippen LogP contribution >= 0.6 is 35.6 Å². The summed E-state index contributed by atoms with van der Waals surface area (Å²) in [7, 11) is 0. The molecule has 7 heteroatoms. The van der Waals surface area contributed by atoms with Gasteiger partial charge >= 0.3 is 0 Å². The van der Waals surface area contributed by atoms with Crippen molar-refractivity contribution >= 4 is 41.5 Å². The van der Waals surface area contributed by atoms with Gasteiger partial charge in [-0.05, 0) is 50.4 Å². The molecule has 0 amide bonds. The van der Waals surface area contributed by atoms with Crippen LogP contribution in [0.25, 0.3) is 0 Å². The van der Waals surface area contributed by atoms with E-state index in [9.17, 15) is 0 Å². The van der Waals surface area contributed by atoms with E-state index in [1.54, 1.807) is 0 Å². The molecule has 0 atom stereocenters. The van der Waals surface area contributed by atoms with Crippen molar-refractivity contribution in [3.8, 4) is 0 Å². The van der Waals surface area contributed by atoms with Crippen molar-refractivity contribution in [2.75, 3.05) is 52.5 Å². The number of ether oxygens (including phenoxy) is 1. The predicted octanol–water partition coefficient (Wildman–Crippen LogP) is 3.27. The van der Waals surface area contributed by atoms with Crippen LogP contribution in [-0.4, -0.2) is 63.3 Å². The Morgan fingerprint density at radius 3 is 2.52 bits per heavy atom. The fourth-order valence-corrected chi connectivity index (χ4v) is 3.52. The molecule has 1 aliphatic carbocycles. The van der Waals surface area contributed by atoms with Gasteiger partial charge < -0.3 is 15.4 Å². The number of hydrogen-bond donors (Lipinski definition) is 2. The monoisotopic (exact) mass is 506 g/mol. The van der Waals surface area contributed by atoms with Crippen LogP contribution in [-0.2, 0) is 10.2 Å². The molecule has 152 valence electrons. The van der Waals surface area contributed by atoms with Gasteiger partial charge in [-0.2, -0.15) is 0 Å². The van der Waals surface area contributed by atoms with Gasteiger partial charge in [-0.1, -0.05) is 23.7 Å². The third kappa shape index (κ3) is 7.07. The average Bonchev–Trinajstić information content (AvgIpc) is 3.46. The van der Waals surface area contributed by atoms with Crippen molar-refractivity contribution in [2.45, 2.75) is 31.6 Å². The fraction of sp³-hybridized carbons (Fsp3) is 0.650. The maximum Gasteiger partial charge on any atom is 0.191 e. The smallest absolute Gasteiger partial charge is 0.191 e. The normalized spacial score (nSPS) is 19.3. The van der Waals surface area contributed by atoms with E-state index in [2.05, 4.69) is 34.6 Å². The van der Waals surface area contributed by atoms with E-state index in [4.69, 9.17) is 21.3 Å². The summed E-state index contributed by atoms with van der Waals surface area (Å²) in [4.78, 5) is 7.33. The highest BCUT2D eigenvalue weighted by molar-refractivity contribution is 14.0. The van der Waals surface area contributed by atoms with Gasteiger partial charge in [-0.15, -0.1) is 24.0 Å². The maximum atomic E-state index is 6.02. The van der Waals surface area contributed by atoms with E-state index in [1.807, 2.05) is 12.1 Å². The molecule has 0 unspecified atom stereocenters. The third-order valence-electron chi connectivity index (χ3n) is 5.24. The summed E-state index contributed by atoms with van der Waals surface area (Å²) in [6, 6.07) is 8.26. The molecule has 1 saturated heterocycles. The van der Waals surface area contributed by atoms with Crippen molar-refractivity contribution in [1.29, 1.82) is 0 Å². The molecule has 2 N–H and O–H groups in total. The lowest BCUT2D eigenvalue weighted by molar-refractivity contribution is 0.0376. The number of nitrogens with zero attached hydrogens (tertiary/aromatic N) is 2. The van der Waals surface area contributed by atoms with Crippen molar-refractivity contribution in [1.82, 2.24) is 15.5 Å². The Kier molecular flexibility index (Phi) is 9.62. The number of rotatable bonds is 8. The maximum absolute atomic E-state index is 6.02. The third-order valence-corrected chi connectivity index (χ3v) is 5.49. The highest BCUT2D eigenvalue weighted by Gasteiger charge is 2.44. The zero-order valence-electron chi connectivity index (χ0n) is 16.2. The van der Waals surface area contributed by atoms with E-state index >= 15 is 0 Å². The Bertz CT molecular complexity index is 586. The van der Waals surface area contributed by atoms with E-state index in [0.717, 1.165) is 69.9 Å². The lowest BCUT2D eigenvalue weighted by Crippen LogP contribution is -2.41. The van der Waals surface area contributed by atoms with Crippen molar-refractivity contribution < 1.29 is 4.74 Å². The molecule has 1 aromatic rings. The van der Waals surface area contributed by atoms with Gasteiger partial charge in [0.15, 0.2) is 5.96 Å². The van der Waals surface area contributed by atoms with Gasteiger partial charge in [0, 0.05) is 36.6 Å². The summed E-state index contributed by atoms with van der Waals surface area (Å²) in [5.41, 5.74) is 1.56. The summed E-state index contributed by atoms with van der Waals surface area (Å²) in [6.45, 7) is 9.71. The first kappa shape index (κ1) is 22.7. The molecule has 0 spiro atoms. The molecule has 0 bridgehead atoms. The number of benzene rings is 1. The van der Waals surface area contributed by atoms with Crippen LogP contribution in [0.2, 0.25) is 5.02 Å². The SMILES string of the molecule is CCNC(=NCC1(c2ccc(Cl)cc2)CC1)NCCCN1CCOCC1.I. The van der Waals surface area contributed by atoms with Crippen LogP contribution in [0.5, 0.6) is 0 Å². The molecule has 1 heterocycles. The first-order valence-corrected chi connectivity index (χ1v) is 10.2. The van der Waals surface area contributed by atoms with E-state index in [-0.39, 0.29) is 29.4 Å². The zero-order chi connectivity index (χ0) is 18.2. The molecule has 27 heavy (non-hydrogen) atoms. The largest absolute Gasteiger partial charge is 0.379 e. The van der Waals surface area contributed by atoms with Crippen LogP contribution < -0.4 is 10.6 Å². The number of guanidine groups is 1. The molecular formula is C20H32ClIN4O. The summed E-state index contributed by atoms with van der Waals surface area (Å²) >= 11 is 6.02. The molecule has 0 aromatic heterocycles. The second-order valence-corrected chi connectivity index (χ2v) is 7.65. The molecule has 1 saturated carbocycles. The summed E-state index contributed by atoms with van der Waals surface area (Å²) in [5, 5.41) is 7.64. The molecular weight excluding hydrogens is 475 g/mol. The van der Waals surface area contributed by atoms with Crippen LogP contribution in [0.4, 0.5) is 0 Å². The van der Waals surface area contributed by atoms with Gasteiger partial charge in [0.05, 0.1) is 19.8 Å². The highest BCUT2D eigenvalue weighted by Crippen LogP contribution is 2.48. The molecule has 2 aliphatic rings. The Morgan fingerprint density at radius 2 is 1.89 bits per heavy atom. The molecule has 2 fully saturated rings. The Balaban J connectivity index is 0.00000261. The zero-order valence-corrected chi connectivity index (χ0v) is 19.3. The lowest BCUT2D eigenvalue weighted by Gasteiger charge is -2.26. The second-order valence-electron chi connectivity index (χ2n) is 7.22. The molecule has 1 aliphatic heterocycles. The number of hydrogen-bond acceptors (Lipinski definition) is 3. The van der Waals surface area contributed by atoms with Gasteiger partial charge in [-0.25, -0.2) is 0 Å². The first-order chi connectivity index (χ1) is 12.7. The van der Waals surface area contributed by atoms with Gasteiger partial charge in [0.25, 0.3) is 0 Å². The molecule has 0 radical (unpaired) electrons. The first-order valence-electron chi connectivity index (χ1n) is 9.80. The lowest BCUT2D eigenvalue weighted by atomic mass is 9.96. The Morgan fingerprint density at radius 1 is 1.19 bits per heavy atom. The minimum atomic E-state index is 0. The van der Waals surface area contributed by atoms with E-state index in [0.29, 0.717) is 0 Å². The fourth-order valence-electron chi connectivity index (χ4n) is 3.40. The summed E-state index contributed by atoms with van der Waals surface area (Å²) in [6.07, 6.45) is 3.52. The van der Waals surface area contributed by atoms with E-state index < -0.39 is 0 Å². The number of halogens is 2. The van der Waals surface area contributed by atoms with Crippen molar-refractivity contribution in [3.05, 3.63) is 34.9 Å². The van der Waals surface area contributed by atoms with Crippen molar-refractivity contribution in [2.24, 2.45) is 4.99 Å². The number of morpholine rings is 1. The average molecular weight is 507 g/mol. The predicted molar refractivity (Wildman–Crippen MR) is 124 cm³/mol. The van der Waals surface area contributed by atoms with Gasteiger partial charge in [0.2, 0.25) is 0 Å². The topological polar surface area (TPSA) is 48.9 Å². The molecule has 3 rings (SSSR count). The van der Waals surface area contributed by atoms with Crippen LogP contribution in [0.1, 0.15) is 31.7 Å². The van der Waals surface area contributed by atoms with Crippen LogP contribution in [0, 0.1) is 0 Å². The van der Waals surface area contributed by atoms with Crippen LogP contribution in [0.15, 0.2) is 29.3 Å².